The number of pyridine rings is 1. The van der Waals surface area contributed by atoms with Crippen LogP contribution in [0.3, 0.4) is 0 Å². The van der Waals surface area contributed by atoms with Crippen LogP contribution in [0.1, 0.15) is 16.8 Å². The number of nitrogens with zero attached hydrogens (tertiary/aromatic N) is 2. The molecule has 0 N–H and O–H groups in total. The fourth-order valence-corrected chi connectivity index (χ4v) is 3.11. The van der Waals surface area contributed by atoms with Crippen LogP contribution in [0, 0.1) is 13.8 Å². The van der Waals surface area contributed by atoms with Gasteiger partial charge in [0, 0.05) is 25.1 Å². The van der Waals surface area contributed by atoms with E-state index in [4.69, 9.17) is 18.9 Å². The van der Waals surface area contributed by atoms with Crippen molar-refractivity contribution in [3.05, 3.63) is 47.3 Å². The average molecular weight is 377 g/mol. The summed E-state index contributed by atoms with van der Waals surface area (Å²) < 4.78 is 24.3. The fraction of sp³-hybridized carbons (Fsp3) is 0.316. The number of aryl methyl sites for hydroxylation is 1. The topological polar surface area (TPSA) is 54.7 Å². The molecule has 1 aliphatic heterocycles. The van der Waals surface area contributed by atoms with E-state index in [2.05, 4.69) is 23.4 Å². The molecule has 3 aromatic rings. The summed E-state index contributed by atoms with van der Waals surface area (Å²) in [5, 5.41) is 0. The predicted octanol–water partition coefficient (Wildman–Crippen LogP) is 3.99. The van der Waals surface area contributed by atoms with E-state index in [9.17, 15) is 0 Å². The van der Waals surface area contributed by atoms with E-state index in [1.165, 1.54) is 0 Å². The molecule has 26 heavy (non-hydrogen) atoms. The van der Waals surface area contributed by atoms with Crippen molar-refractivity contribution >= 4 is 23.4 Å². The van der Waals surface area contributed by atoms with E-state index in [1.54, 1.807) is 13.3 Å². The summed E-state index contributed by atoms with van der Waals surface area (Å²) in [7, 11) is 1.68. The minimum absolute atomic E-state index is 0. The summed E-state index contributed by atoms with van der Waals surface area (Å²) >= 11 is 0. The van der Waals surface area contributed by atoms with Crippen LogP contribution >= 0.6 is 12.4 Å². The predicted molar refractivity (Wildman–Crippen MR) is 100 cm³/mol. The maximum atomic E-state index is 6.11. The second-order valence-electron chi connectivity index (χ2n) is 6.04. The van der Waals surface area contributed by atoms with Gasteiger partial charge in [0.25, 0.3) is 0 Å². The quantitative estimate of drug-likeness (QED) is 0.674. The number of halogens is 1. The smallest absolute Gasteiger partial charge is 0.231 e. The molecule has 0 amide bonds. The van der Waals surface area contributed by atoms with Crippen LogP contribution in [0.15, 0.2) is 30.5 Å². The lowest BCUT2D eigenvalue weighted by Crippen LogP contribution is -2.04. The maximum Gasteiger partial charge on any atom is 0.231 e. The normalized spacial score (nSPS) is 12.3. The molecule has 0 spiro atoms. The molecule has 0 saturated heterocycles. The zero-order chi connectivity index (χ0) is 17.4. The van der Waals surface area contributed by atoms with Crippen molar-refractivity contribution in [2.45, 2.75) is 27.2 Å². The molecule has 0 bridgehead atoms. The number of ether oxygens (including phenoxy) is 4. The van der Waals surface area contributed by atoms with Gasteiger partial charge in [-0.05, 0) is 37.1 Å². The summed E-state index contributed by atoms with van der Waals surface area (Å²) in [6, 6.07) is 7.73. The Morgan fingerprint density at radius 1 is 1.15 bits per heavy atom. The lowest BCUT2D eigenvalue weighted by Gasteiger charge is -2.12. The molecular weight excluding hydrogens is 356 g/mol. The van der Waals surface area contributed by atoms with Gasteiger partial charge in [0.15, 0.2) is 11.5 Å². The SMILES string of the molecule is COCn1c(C)c(C)c2nccc(OCc3ccc4c(c3)OCO4)c21.Cl. The van der Waals surface area contributed by atoms with E-state index in [0.29, 0.717) is 13.3 Å². The number of rotatable bonds is 5. The van der Waals surface area contributed by atoms with Gasteiger partial charge in [0.2, 0.25) is 6.79 Å². The Balaban J connectivity index is 0.00000196. The van der Waals surface area contributed by atoms with Crippen LogP contribution in [0.5, 0.6) is 17.2 Å². The van der Waals surface area contributed by atoms with Crippen LogP contribution in [0.25, 0.3) is 11.0 Å². The molecule has 1 aliphatic rings. The standard InChI is InChI=1S/C19H20N2O4.ClH/c1-12-13(2)21(10-22-3)19-16(6-7-20-18(12)19)23-9-14-4-5-15-17(8-14)25-11-24-15;/h4-8H,9-11H2,1-3H3;1H. The maximum absolute atomic E-state index is 6.11. The molecule has 138 valence electrons. The molecule has 0 atom stereocenters. The van der Waals surface area contributed by atoms with Crippen molar-refractivity contribution in [1.82, 2.24) is 9.55 Å². The molecule has 0 unspecified atom stereocenters. The Kier molecular flexibility index (Phi) is 5.25. The number of benzene rings is 1. The van der Waals surface area contributed by atoms with Gasteiger partial charge in [-0.2, -0.15) is 0 Å². The van der Waals surface area contributed by atoms with E-state index in [-0.39, 0.29) is 19.2 Å². The summed E-state index contributed by atoms with van der Waals surface area (Å²) in [5.41, 5.74) is 5.19. The molecule has 4 rings (SSSR count). The van der Waals surface area contributed by atoms with E-state index >= 15 is 0 Å². The van der Waals surface area contributed by atoms with Crippen molar-refractivity contribution in [3.63, 3.8) is 0 Å². The number of aromatic nitrogens is 2. The van der Waals surface area contributed by atoms with Crippen LogP contribution in [-0.4, -0.2) is 23.5 Å². The Morgan fingerprint density at radius 2 is 1.96 bits per heavy atom. The molecule has 0 fully saturated rings. The first-order chi connectivity index (χ1) is 12.2. The van der Waals surface area contributed by atoms with Crippen molar-refractivity contribution in [2.24, 2.45) is 0 Å². The minimum atomic E-state index is 0. The highest BCUT2D eigenvalue weighted by Crippen LogP contribution is 2.34. The first-order valence-corrected chi connectivity index (χ1v) is 8.13. The van der Waals surface area contributed by atoms with Crippen molar-refractivity contribution in [2.75, 3.05) is 13.9 Å². The van der Waals surface area contributed by atoms with Gasteiger partial charge in [-0.1, -0.05) is 6.07 Å². The molecule has 3 heterocycles. The van der Waals surface area contributed by atoms with Gasteiger partial charge >= 0.3 is 0 Å². The molecule has 2 aromatic heterocycles. The highest BCUT2D eigenvalue weighted by molar-refractivity contribution is 5.86. The summed E-state index contributed by atoms with van der Waals surface area (Å²) in [6.45, 7) is 5.30. The highest BCUT2D eigenvalue weighted by Gasteiger charge is 2.17. The van der Waals surface area contributed by atoms with Crippen LogP contribution < -0.4 is 14.2 Å². The number of fused-ring (bicyclic) bond motifs is 2. The lowest BCUT2D eigenvalue weighted by atomic mass is 10.2. The van der Waals surface area contributed by atoms with Crippen molar-refractivity contribution < 1.29 is 18.9 Å². The zero-order valence-electron chi connectivity index (χ0n) is 14.9. The second-order valence-corrected chi connectivity index (χ2v) is 6.04. The average Bonchev–Trinajstić information content (AvgIpc) is 3.19. The molecule has 0 aliphatic carbocycles. The van der Waals surface area contributed by atoms with Gasteiger partial charge in [0.05, 0.1) is 5.52 Å². The van der Waals surface area contributed by atoms with E-state index < -0.39 is 0 Å². The van der Waals surface area contributed by atoms with Crippen LogP contribution in [-0.2, 0) is 18.1 Å². The zero-order valence-corrected chi connectivity index (χ0v) is 15.8. The monoisotopic (exact) mass is 376 g/mol. The molecule has 1 aromatic carbocycles. The summed E-state index contributed by atoms with van der Waals surface area (Å²) in [6.07, 6.45) is 1.78. The van der Waals surface area contributed by atoms with Gasteiger partial charge in [0.1, 0.15) is 24.6 Å². The second kappa shape index (κ2) is 7.43. The van der Waals surface area contributed by atoms with Crippen LogP contribution in [0.4, 0.5) is 0 Å². The van der Waals surface area contributed by atoms with Gasteiger partial charge < -0.3 is 23.5 Å². The summed E-state index contributed by atoms with van der Waals surface area (Å²) in [5.74, 6) is 2.32. The van der Waals surface area contributed by atoms with Crippen molar-refractivity contribution in [3.8, 4) is 17.2 Å². The first-order valence-electron chi connectivity index (χ1n) is 8.13. The highest BCUT2D eigenvalue weighted by atomic mass is 35.5. The Labute approximate surface area is 158 Å². The molecule has 7 heteroatoms. The lowest BCUT2D eigenvalue weighted by molar-refractivity contribution is 0.132. The number of hydrogen-bond donors (Lipinski definition) is 0. The third-order valence-electron chi connectivity index (χ3n) is 4.55. The van der Waals surface area contributed by atoms with E-state index in [1.807, 2.05) is 24.3 Å². The number of hydrogen-bond acceptors (Lipinski definition) is 5. The third kappa shape index (κ3) is 3.06. The molecular formula is C19H21ClN2O4. The molecule has 0 saturated carbocycles. The largest absolute Gasteiger partial charge is 0.487 e. The molecule has 0 radical (unpaired) electrons. The van der Waals surface area contributed by atoms with Gasteiger partial charge in [-0.3, -0.25) is 4.98 Å². The van der Waals surface area contributed by atoms with Crippen LogP contribution in [0.2, 0.25) is 0 Å². The first kappa shape index (κ1) is 18.4. The minimum Gasteiger partial charge on any atom is -0.487 e. The summed E-state index contributed by atoms with van der Waals surface area (Å²) in [4.78, 5) is 4.51. The van der Waals surface area contributed by atoms with Gasteiger partial charge in [-0.25, -0.2) is 0 Å². The Morgan fingerprint density at radius 3 is 2.77 bits per heavy atom. The van der Waals surface area contributed by atoms with Crippen molar-refractivity contribution in [1.29, 1.82) is 0 Å². The molecule has 6 nitrogen and oxygen atoms in total. The Bertz CT molecular complexity index is 939. The number of methoxy groups -OCH3 is 1. The Hall–Kier alpha value is -2.44. The fourth-order valence-electron chi connectivity index (χ4n) is 3.11. The van der Waals surface area contributed by atoms with E-state index in [0.717, 1.165) is 45.1 Å². The van der Waals surface area contributed by atoms with Gasteiger partial charge in [-0.15, -0.1) is 12.4 Å². The third-order valence-corrected chi connectivity index (χ3v) is 4.55.